The highest BCUT2D eigenvalue weighted by Crippen LogP contribution is 2.41. The number of carbonyl (C=O) groups is 2. The minimum absolute atomic E-state index is 0.0852. The van der Waals surface area contributed by atoms with Gasteiger partial charge in [0.2, 0.25) is 0 Å². The van der Waals surface area contributed by atoms with Crippen molar-refractivity contribution in [2.45, 2.75) is 37.8 Å². The smallest absolute Gasteiger partial charge is 0.314 e. The minimum Gasteiger partial charge on any atom is -0.387 e. The van der Waals surface area contributed by atoms with Gasteiger partial charge in [0.1, 0.15) is 11.4 Å². The Labute approximate surface area is 573 Å². The van der Waals surface area contributed by atoms with Crippen molar-refractivity contribution in [1.29, 1.82) is 11.1 Å². The van der Waals surface area contributed by atoms with E-state index in [1.807, 2.05) is 36.4 Å². The minimum atomic E-state index is -0.281. The summed E-state index contributed by atoms with van der Waals surface area (Å²) in [6.45, 7) is 14.4. The van der Waals surface area contributed by atoms with Gasteiger partial charge < -0.3 is 89.1 Å². The molecule has 28 heteroatoms. The molecule has 518 valence electrons. The molecule has 0 saturated carbocycles. The summed E-state index contributed by atoms with van der Waals surface area (Å²) in [5.41, 5.74) is 25.0. The lowest BCUT2D eigenvalue weighted by atomic mass is 9.84. The Morgan fingerprint density at radius 3 is 1.09 bits per heavy atom. The summed E-state index contributed by atoms with van der Waals surface area (Å²) in [7, 11) is 4.16. The first kappa shape index (κ1) is 77.4. The number of nitrogens with one attached hydrogen (secondary N) is 8. The molecule has 6 rings (SSSR count). The maximum Gasteiger partial charge on any atom is 0.314 e. The predicted octanol–water partition coefficient (Wildman–Crippen LogP) is 9.54. The number of carbonyl (C=O) groups excluding carboxylic acids is 2. The van der Waals surface area contributed by atoms with Crippen LogP contribution in [0.3, 0.4) is 0 Å². The first-order valence-corrected chi connectivity index (χ1v) is 33.4. The number of rotatable bonds is 49. The zero-order valence-corrected chi connectivity index (χ0v) is 57.1. The van der Waals surface area contributed by atoms with Crippen molar-refractivity contribution in [3.05, 3.63) is 150 Å². The molecule has 2 unspecified atom stereocenters. The van der Waals surface area contributed by atoms with Gasteiger partial charge in [-0.05, 0) is 96.7 Å². The van der Waals surface area contributed by atoms with Crippen molar-refractivity contribution >= 4 is 69.9 Å². The first-order chi connectivity index (χ1) is 45.9. The standard InChI is InChI=1S/C66H94Cl4N12O12/c1-81-45-57(55-39-53(67)41-61(69)59(55)47-81)49-7-5-9-51(37-49)63(79-71)43-73-13-17-85-21-25-89-29-33-93-35-31-91-27-23-87-19-15-77-65(83)75-11-3-4-12-76-66(84)78-16-20-88-24-28-92-32-36-94-34-30-90-26-22-86-18-14-74-44-64(80-72)52-10-6-8-50(38-52)58-46-82(2)48-60-56(58)40-54(68)42-62(60)70/h5-10,37-44,57-58,71-74H,3-4,11-36,45-48H2,1-2H3,(H2,75,77,83)(H2,76,78,84)/b63-43-,64-44-,79-71?,80-72?. The molecule has 24 nitrogen and oxygen atoms in total. The summed E-state index contributed by atoms with van der Waals surface area (Å²) < 4.78 is 55.8. The van der Waals surface area contributed by atoms with Crippen molar-refractivity contribution in [1.82, 2.24) is 41.7 Å². The Morgan fingerprint density at radius 2 is 0.755 bits per heavy atom. The Bertz CT molecular complexity index is 2770. The summed E-state index contributed by atoms with van der Waals surface area (Å²) >= 11 is 25.9. The van der Waals surface area contributed by atoms with E-state index in [0.29, 0.717) is 216 Å². The normalized spacial score (nSPS) is 15.1. The van der Waals surface area contributed by atoms with Crippen LogP contribution in [-0.2, 0) is 60.5 Å². The van der Waals surface area contributed by atoms with E-state index < -0.39 is 0 Å². The molecule has 0 aliphatic carbocycles. The Kier molecular flexibility index (Phi) is 38.3. The molecule has 2 aliphatic heterocycles. The average Bonchev–Trinajstić information content (AvgIpc) is 0.846. The number of fused-ring (bicyclic) bond motifs is 2. The van der Waals surface area contributed by atoms with Gasteiger partial charge in [0.05, 0.1) is 132 Å². The molecule has 4 amide bonds. The fourth-order valence-electron chi connectivity index (χ4n) is 10.3. The van der Waals surface area contributed by atoms with E-state index in [1.54, 1.807) is 24.5 Å². The second kappa shape index (κ2) is 46.5. The number of halogens is 4. The van der Waals surface area contributed by atoms with Gasteiger partial charge in [0.15, 0.2) is 0 Å². The number of amides is 4. The summed E-state index contributed by atoms with van der Waals surface area (Å²) in [5.74, 6) is 0.170. The number of ether oxygens (including phenoxy) is 10. The summed E-state index contributed by atoms with van der Waals surface area (Å²) in [5, 5.41) is 27.6. The lowest BCUT2D eigenvalue weighted by molar-refractivity contribution is -0.0104. The Balaban J connectivity index is 0.613. The van der Waals surface area contributed by atoms with Gasteiger partial charge in [-0.3, -0.25) is 0 Å². The lowest BCUT2D eigenvalue weighted by Crippen LogP contribution is -2.39. The van der Waals surface area contributed by atoms with Crippen molar-refractivity contribution in [3.8, 4) is 0 Å². The topological polar surface area (TPSA) is 278 Å². The molecule has 2 atom stereocenters. The van der Waals surface area contributed by atoms with Crippen LogP contribution in [0.1, 0.15) is 69.2 Å². The van der Waals surface area contributed by atoms with Gasteiger partial charge in [0, 0.05) is 121 Å². The van der Waals surface area contributed by atoms with E-state index in [4.69, 9.17) is 105 Å². The summed E-state index contributed by atoms with van der Waals surface area (Å²) in [4.78, 5) is 28.7. The first-order valence-electron chi connectivity index (χ1n) is 31.9. The molecule has 0 bridgehead atoms. The van der Waals surface area contributed by atoms with Crippen molar-refractivity contribution in [2.24, 2.45) is 10.2 Å². The van der Waals surface area contributed by atoms with Crippen LogP contribution in [0.2, 0.25) is 20.1 Å². The highest BCUT2D eigenvalue weighted by Gasteiger charge is 2.29. The largest absolute Gasteiger partial charge is 0.387 e. The van der Waals surface area contributed by atoms with Crippen molar-refractivity contribution < 1.29 is 57.0 Å². The number of hydrogen-bond donors (Lipinski definition) is 8. The van der Waals surface area contributed by atoms with E-state index in [-0.39, 0.29) is 23.9 Å². The number of nitrogens with zero attached hydrogens (tertiary/aromatic N) is 4. The maximum absolute atomic E-state index is 12.1. The number of benzene rings is 4. The van der Waals surface area contributed by atoms with Crippen molar-refractivity contribution in [3.63, 3.8) is 0 Å². The van der Waals surface area contributed by atoms with E-state index in [2.05, 4.69) is 90.3 Å². The van der Waals surface area contributed by atoms with E-state index in [9.17, 15) is 9.59 Å². The number of urea groups is 2. The van der Waals surface area contributed by atoms with Crippen LogP contribution < -0.4 is 31.9 Å². The van der Waals surface area contributed by atoms with E-state index in [1.165, 1.54) is 0 Å². The van der Waals surface area contributed by atoms with Gasteiger partial charge in [-0.1, -0.05) is 82.8 Å². The molecule has 0 fully saturated rings. The fourth-order valence-corrected chi connectivity index (χ4v) is 11.4. The van der Waals surface area contributed by atoms with E-state index in [0.717, 1.165) is 70.7 Å². The monoisotopic (exact) mass is 1390 g/mol. The lowest BCUT2D eigenvalue weighted by Gasteiger charge is -2.33. The van der Waals surface area contributed by atoms with Gasteiger partial charge in [-0.15, -0.1) is 0 Å². The quantitative estimate of drug-likeness (QED) is 0.0151. The third kappa shape index (κ3) is 29.8. The summed E-state index contributed by atoms with van der Waals surface area (Å²) in [6, 6.07) is 23.2. The van der Waals surface area contributed by atoms with Crippen LogP contribution >= 0.6 is 46.4 Å². The second-order valence-electron chi connectivity index (χ2n) is 22.0. The Morgan fingerprint density at radius 1 is 0.447 bits per heavy atom. The second-order valence-corrected chi connectivity index (χ2v) is 23.7. The van der Waals surface area contributed by atoms with Crippen LogP contribution in [-0.4, -0.2) is 220 Å². The van der Waals surface area contributed by atoms with Gasteiger partial charge in [-0.2, -0.15) is 10.2 Å². The van der Waals surface area contributed by atoms with Crippen LogP contribution in [0.4, 0.5) is 9.59 Å². The fraction of sp³-hybridized carbons (Fsp3) is 0.545. The van der Waals surface area contributed by atoms with Crippen LogP contribution in [0.15, 0.2) is 95.4 Å². The molecule has 0 saturated heterocycles. The molecule has 0 spiro atoms. The SMILES string of the molecule is CN1Cc2c(Cl)cc(Cl)cc2C(c2cccc(/C(=C/NCCOCCOCCOCCOCCOCCNC(=O)NCCCCNC(=O)NCCOCCOCCOCCOCCOCCN/C=C(\N=N)c3cccc(C4CN(C)Cc5c(Cl)cc(Cl)cc54)c3)N=N)c2)C1. The molecule has 4 aromatic rings. The molecule has 0 aromatic heterocycles. The third-order valence-corrected chi connectivity index (χ3v) is 16.0. The van der Waals surface area contributed by atoms with Crippen LogP contribution in [0, 0.1) is 11.1 Å². The number of unbranched alkanes of at least 4 members (excludes halogenated alkanes) is 1. The molecular weight excluding hydrogens is 1290 g/mol. The van der Waals surface area contributed by atoms with Gasteiger partial charge >= 0.3 is 12.1 Å². The average molecular weight is 1390 g/mol. The van der Waals surface area contributed by atoms with Crippen LogP contribution in [0.5, 0.6) is 0 Å². The molecule has 4 aromatic carbocycles. The van der Waals surface area contributed by atoms with Crippen LogP contribution in [0.25, 0.3) is 11.4 Å². The van der Waals surface area contributed by atoms with Gasteiger partial charge in [0.25, 0.3) is 0 Å². The third-order valence-electron chi connectivity index (χ3n) is 14.9. The Hall–Kier alpha value is -5.62. The highest BCUT2D eigenvalue weighted by molar-refractivity contribution is 6.35. The molecule has 8 N–H and O–H groups in total. The zero-order chi connectivity index (χ0) is 66.8. The summed E-state index contributed by atoms with van der Waals surface area (Å²) in [6.07, 6.45) is 4.87. The maximum atomic E-state index is 12.1. The highest BCUT2D eigenvalue weighted by atomic mass is 35.5. The molecular formula is C66H94Cl4N12O12. The van der Waals surface area contributed by atoms with E-state index >= 15 is 0 Å². The molecule has 2 aliphatic rings. The number of hydrogen-bond acceptors (Lipinski definition) is 20. The predicted molar refractivity (Wildman–Crippen MR) is 365 cm³/mol. The number of likely N-dealkylation sites (N-methyl/N-ethyl adjacent to an activating group) is 2. The molecule has 94 heavy (non-hydrogen) atoms. The zero-order valence-electron chi connectivity index (χ0n) is 54.1. The van der Waals surface area contributed by atoms with Gasteiger partial charge in [-0.25, -0.2) is 20.7 Å². The molecule has 0 radical (unpaired) electrons. The molecule has 2 heterocycles. The van der Waals surface area contributed by atoms with Crippen molar-refractivity contribution in [2.75, 3.05) is 199 Å².